The monoisotopic (exact) mass is 392 g/mol. The van der Waals surface area contributed by atoms with Crippen molar-refractivity contribution < 1.29 is 4.74 Å². The van der Waals surface area contributed by atoms with Gasteiger partial charge in [-0.15, -0.1) is 5.47 Å². The van der Waals surface area contributed by atoms with E-state index in [9.17, 15) is 0 Å². The lowest BCUT2D eigenvalue weighted by molar-refractivity contribution is -0.162. The Morgan fingerprint density at radius 2 is 1.53 bits per heavy atom. The van der Waals surface area contributed by atoms with Crippen LogP contribution in [0.3, 0.4) is 0 Å². The third-order valence-corrected chi connectivity index (χ3v) is 6.81. The van der Waals surface area contributed by atoms with Gasteiger partial charge in [-0.2, -0.15) is 0 Å². The number of anilines is 1. The SMILES string of the molecule is [B]C1=C(c2nc(C3CC(C)(C)OC(C)(C)C3)ccc2N)C([B])([B])C([B])C(C)(C)C1[B]. The van der Waals surface area contributed by atoms with E-state index >= 15 is 0 Å². The summed E-state index contributed by atoms with van der Waals surface area (Å²) in [4.78, 5) is 4.92. The van der Waals surface area contributed by atoms with Crippen molar-refractivity contribution in [1.82, 2.24) is 4.98 Å². The van der Waals surface area contributed by atoms with Crippen LogP contribution in [0.4, 0.5) is 5.69 Å². The van der Waals surface area contributed by atoms with Crippen LogP contribution in [0.2, 0.25) is 16.8 Å². The molecule has 0 aromatic carbocycles. The highest BCUT2D eigenvalue weighted by Crippen LogP contribution is 2.63. The highest BCUT2D eigenvalue weighted by Gasteiger charge is 2.47. The number of nitrogens with two attached hydrogens (primary N) is 1. The molecule has 2 atom stereocenters. The van der Waals surface area contributed by atoms with Gasteiger partial charge < -0.3 is 10.5 Å². The number of aromatic nitrogens is 1. The Morgan fingerprint density at radius 1 is 1.00 bits per heavy atom. The van der Waals surface area contributed by atoms with Crippen molar-refractivity contribution >= 4 is 50.5 Å². The third kappa shape index (κ3) is 3.94. The Bertz CT molecular complexity index is 862. The molecule has 148 valence electrons. The molecule has 0 amide bonds. The van der Waals surface area contributed by atoms with Crippen molar-refractivity contribution in [2.75, 3.05) is 5.73 Å². The van der Waals surface area contributed by atoms with Gasteiger partial charge in [0.05, 0.1) is 54.0 Å². The largest absolute Gasteiger partial charge is 0.397 e. The smallest absolute Gasteiger partial charge is 0.107 e. The average Bonchev–Trinajstić information content (AvgIpc) is 2.58. The summed E-state index contributed by atoms with van der Waals surface area (Å²) in [6, 6.07) is 3.79. The molecule has 1 saturated heterocycles. The van der Waals surface area contributed by atoms with E-state index in [0.717, 1.165) is 18.5 Å². The van der Waals surface area contributed by atoms with Crippen molar-refractivity contribution in [2.24, 2.45) is 5.41 Å². The summed E-state index contributed by atoms with van der Waals surface area (Å²) >= 11 is 0. The van der Waals surface area contributed by atoms with E-state index in [1.165, 1.54) is 0 Å². The molecule has 0 saturated carbocycles. The first-order chi connectivity index (χ1) is 13.5. The third-order valence-electron chi connectivity index (χ3n) is 6.81. The van der Waals surface area contributed by atoms with Crippen LogP contribution >= 0.6 is 0 Å². The first-order valence-corrected chi connectivity index (χ1v) is 10.6. The highest BCUT2D eigenvalue weighted by atomic mass is 16.5. The van der Waals surface area contributed by atoms with Gasteiger partial charge >= 0.3 is 0 Å². The second-order valence-electron chi connectivity index (χ2n) is 10.9. The standard InChI is InChI=1S/C22H29B5N2O/c1-19(2)9-11(10-20(3,4)30-19)13-8-7-12(28)16(29-13)14-15(23)17(24)21(5,6)18(25)22(14,26)27/h7-8,11,17-18H,9-10,28H2,1-6H3. The second-order valence-corrected chi connectivity index (χ2v) is 10.9. The fourth-order valence-corrected chi connectivity index (χ4v) is 5.32. The van der Waals surface area contributed by atoms with E-state index in [1.807, 2.05) is 26.0 Å². The van der Waals surface area contributed by atoms with Crippen LogP contribution < -0.4 is 5.73 Å². The van der Waals surface area contributed by atoms with Crippen LogP contribution in [0.5, 0.6) is 0 Å². The molecule has 1 aromatic heterocycles. The molecule has 1 fully saturated rings. The van der Waals surface area contributed by atoms with E-state index in [0.29, 0.717) is 22.4 Å². The topological polar surface area (TPSA) is 48.1 Å². The quantitative estimate of drug-likeness (QED) is 0.786. The molecule has 8 heteroatoms. The second kappa shape index (κ2) is 7.25. The summed E-state index contributed by atoms with van der Waals surface area (Å²) in [6.07, 6.45) is 1.67. The number of ether oxygens (including phenoxy) is 1. The summed E-state index contributed by atoms with van der Waals surface area (Å²) in [7, 11) is 32.5. The molecule has 0 bridgehead atoms. The minimum atomic E-state index is -1.42. The molecule has 30 heavy (non-hydrogen) atoms. The minimum absolute atomic E-state index is 0.192. The lowest BCUT2D eigenvalue weighted by Gasteiger charge is -2.55. The molecule has 3 nitrogen and oxygen atoms in total. The van der Waals surface area contributed by atoms with Crippen LogP contribution in [-0.2, 0) is 4.74 Å². The summed E-state index contributed by atoms with van der Waals surface area (Å²) in [5, 5.41) is -1.42. The van der Waals surface area contributed by atoms with Gasteiger partial charge in [0.15, 0.2) is 0 Å². The number of nitrogen functional groups attached to an aromatic ring is 1. The molecule has 3 rings (SSSR count). The Kier molecular flexibility index (Phi) is 5.71. The predicted octanol–water partition coefficient (Wildman–Crippen LogP) is 3.40. The Morgan fingerprint density at radius 3 is 2.07 bits per heavy atom. The summed E-state index contributed by atoms with van der Waals surface area (Å²) in [6.45, 7) is 12.2. The predicted molar refractivity (Wildman–Crippen MR) is 130 cm³/mol. The molecule has 2 heterocycles. The Labute approximate surface area is 188 Å². The number of hydrogen-bond donors (Lipinski definition) is 1. The van der Waals surface area contributed by atoms with E-state index in [-0.39, 0.29) is 17.1 Å². The van der Waals surface area contributed by atoms with E-state index in [4.69, 9.17) is 54.7 Å². The molecular formula is C22H29B5N2O. The van der Waals surface area contributed by atoms with Crippen molar-refractivity contribution in [3.05, 3.63) is 29.0 Å². The zero-order chi connectivity index (χ0) is 22.9. The number of hydrogen-bond acceptors (Lipinski definition) is 3. The van der Waals surface area contributed by atoms with Gasteiger partial charge in [-0.25, -0.2) is 0 Å². The zero-order valence-electron chi connectivity index (χ0n) is 19.1. The van der Waals surface area contributed by atoms with Crippen LogP contribution in [0.15, 0.2) is 17.6 Å². The summed E-state index contributed by atoms with van der Waals surface area (Å²) in [5.74, 6) is -0.959. The number of allylic oxidation sites excluding steroid dienone is 2. The Balaban J connectivity index is 2.13. The summed E-state index contributed by atoms with van der Waals surface area (Å²) in [5.41, 5.74) is 7.86. The molecule has 2 N–H and O–H groups in total. The first kappa shape index (κ1) is 23.6. The van der Waals surface area contributed by atoms with Gasteiger partial charge in [-0.05, 0) is 63.7 Å². The normalized spacial score (nSPS) is 30.2. The maximum Gasteiger partial charge on any atom is 0.107 e. The van der Waals surface area contributed by atoms with Gasteiger partial charge in [-0.3, -0.25) is 4.98 Å². The van der Waals surface area contributed by atoms with Crippen molar-refractivity contribution in [3.8, 4) is 0 Å². The zero-order valence-corrected chi connectivity index (χ0v) is 19.1. The Hall–Kier alpha value is -1.03. The lowest BCUT2D eigenvalue weighted by atomic mass is 9.29. The molecule has 2 aliphatic rings. The van der Waals surface area contributed by atoms with E-state index in [1.54, 1.807) is 0 Å². The molecule has 1 aromatic rings. The van der Waals surface area contributed by atoms with Gasteiger partial charge in [0.1, 0.15) is 7.85 Å². The van der Waals surface area contributed by atoms with Crippen LogP contribution in [0, 0.1) is 5.41 Å². The fourth-order valence-electron chi connectivity index (χ4n) is 5.32. The maximum atomic E-state index is 6.55. The number of rotatable bonds is 2. The maximum absolute atomic E-state index is 6.55. The fraction of sp³-hybridized carbons (Fsp3) is 0.682. The molecule has 1 aliphatic heterocycles. The minimum Gasteiger partial charge on any atom is -0.397 e. The van der Waals surface area contributed by atoms with Crippen molar-refractivity contribution in [3.63, 3.8) is 0 Å². The molecule has 1 aliphatic carbocycles. The first-order valence-electron chi connectivity index (χ1n) is 10.6. The van der Waals surface area contributed by atoms with Gasteiger partial charge in [0, 0.05) is 11.6 Å². The van der Waals surface area contributed by atoms with Crippen LogP contribution in [-0.4, -0.2) is 55.4 Å². The van der Waals surface area contributed by atoms with Crippen molar-refractivity contribution in [2.45, 2.75) is 88.4 Å². The average molecular weight is 392 g/mol. The van der Waals surface area contributed by atoms with Gasteiger partial charge in [0.2, 0.25) is 0 Å². The molecule has 0 spiro atoms. The lowest BCUT2D eigenvalue weighted by Crippen LogP contribution is -2.44. The van der Waals surface area contributed by atoms with Crippen molar-refractivity contribution in [1.29, 1.82) is 0 Å². The highest BCUT2D eigenvalue weighted by molar-refractivity contribution is 6.53. The van der Waals surface area contributed by atoms with Gasteiger partial charge in [0.25, 0.3) is 0 Å². The van der Waals surface area contributed by atoms with E-state index in [2.05, 4.69) is 27.7 Å². The van der Waals surface area contributed by atoms with E-state index < -0.39 is 22.3 Å². The van der Waals surface area contributed by atoms with Gasteiger partial charge in [-0.1, -0.05) is 30.7 Å². The molecular weight excluding hydrogens is 362 g/mol. The molecule has 10 radical (unpaired) electrons. The molecule has 2 unspecified atom stereocenters. The van der Waals surface area contributed by atoms with Crippen LogP contribution in [0.25, 0.3) is 5.57 Å². The number of pyridine rings is 1. The number of nitrogens with zero attached hydrogens (tertiary/aromatic N) is 1. The van der Waals surface area contributed by atoms with Crippen LogP contribution in [0.1, 0.15) is 71.7 Å². The summed E-state index contributed by atoms with van der Waals surface area (Å²) < 4.78 is 6.23.